The van der Waals surface area contributed by atoms with Crippen molar-refractivity contribution in [1.29, 1.82) is 0 Å². The van der Waals surface area contributed by atoms with Gasteiger partial charge in [0.15, 0.2) is 5.17 Å². The molecule has 210 valence electrons. The second kappa shape index (κ2) is 12.7. The lowest BCUT2D eigenvalue weighted by Gasteiger charge is -2.37. The first-order valence-electron chi connectivity index (χ1n) is 13.1. The van der Waals surface area contributed by atoms with Crippen LogP contribution in [0.25, 0.3) is 5.70 Å². The number of carbonyl (C=O) groups excluding carboxylic acids is 2. The summed E-state index contributed by atoms with van der Waals surface area (Å²) in [6, 6.07) is 18.1. The first-order valence-corrected chi connectivity index (χ1v) is 14.0. The number of esters is 1. The topological polar surface area (TPSA) is 102 Å². The van der Waals surface area contributed by atoms with Crippen LogP contribution in [0.1, 0.15) is 36.1 Å². The maximum absolute atomic E-state index is 13.7. The number of benzene rings is 2. The van der Waals surface area contributed by atoms with Crippen molar-refractivity contribution in [2.24, 2.45) is 4.99 Å². The van der Waals surface area contributed by atoms with Crippen molar-refractivity contribution in [3.63, 3.8) is 0 Å². The number of hydrogen-bond donors (Lipinski definition) is 1. The number of rotatable bonds is 10. The number of amidine groups is 1. The fourth-order valence-electron chi connectivity index (χ4n) is 4.76. The SMILES string of the molecule is CCOC(=O)C1=C(c2ccccc2)N=C2SC=C(CC(=O)NCc3ccncc3)N2[C@@H]1c1ccc(OC)cc1OC. The molecule has 0 bridgehead atoms. The number of methoxy groups -OCH3 is 2. The number of hydrogen-bond acceptors (Lipinski definition) is 9. The number of pyridine rings is 1. The first-order chi connectivity index (χ1) is 20.0. The van der Waals surface area contributed by atoms with Crippen molar-refractivity contribution in [3.8, 4) is 11.5 Å². The van der Waals surface area contributed by atoms with Gasteiger partial charge in [0.25, 0.3) is 0 Å². The summed E-state index contributed by atoms with van der Waals surface area (Å²) < 4.78 is 16.8. The van der Waals surface area contributed by atoms with Crippen molar-refractivity contribution in [1.82, 2.24) is 15.2 Å². The molecule has 1 aromatic heterocycles. The van der Waals surface area contributed by atoms with Crippen LogP contribution < -0.4 is 14.8 Å². The molecule has 3 heterocycles. The lowest BCUT2D eigenvalue weighted by Crippen LogP contribution is -2.38. The summed E-state index contributed by atoms with van der Waals surface area (Å²) in [5, 5.41) is 5.53. The minimum atomic E-state index is -0.674. The predicted octanol–water partition coefficient (Wildman–Crippen LogP) is 5.08. The van der Waals surface area contributed by atoms with Gasteiger partial charge in [-0.3, -0.25) is 9.78 Å². The van der Waals surface area contributed by atoms with Gasteiger partial charge in [-0.25, -0.2) is 9.79 Å². The third-order valence-electron chi connectivity index (χ3n) is 6.67. The largest absolute Gasteiger partial charge is 0.497 e. The van der Waals surface area contributed by atoms with E-state index in [9.17, 15) is 9.59 Å². The Kier molecular flexibility index (Phi) is 8.69. The smallest absolute Gasteiger partial charge is 0.338 e. The number of nitrogens with one attached hydrogen (secondary N) is 1. The van der Waals surface area contributed by atoms with Crippen LogP contribution in [0, 0.1) is 0 Å². The van der Waals surface area contributed by atoms with E-state index in [1.807, 2.05) is 64.9 Å². The van der Waals surface area contributed by atoms with Crippen LogP contribution in [0.3, 0.4) is 0 Å². The predicted molar refractivity (Wildman–Crippen MR) is 158 cm³/mol. The molecule has 2 aliphatic rings. The van der Waals surface area contributed by atoms with E-state index < -0.39 is 12.0 Å². The van der Waals surface area contributed by atoms with Crippen LogP contribution in [0.2, 0.25) is 0 Å². The number of nitrogens with zero attached hydrogens (tertiary/aromatic N) is 3. The summed E-state index contributed by atoms with van der Waals surface area (Å²) in [6.45, 7) is 2.35. The molecule has 9 nitrogen and oxygen atoms in total. The third-order valence-corrected chi connectivity index (χ3v) is 7.56. The van der Waals surface area contributed by atoms with Gasteiger partial charge >= 0.3 is 5.97 Å². The number of ether oxygens (including phenoxy) is 3. The van der Waals surface area contributed by atoms with Crippen LogP contribution >= 0.6 is 11.8 Å². The van der Waals surface area contributed by atoms with Crippen LogP contribution in [0.15, 0.2) is 94.7 Å². The van der Waals surface area contributed by atoms with Gasteiger partial charge in [0.2, 0.25) is 5.91 Å². The Bertz CT molecular complexity index is 1520. The molecule has 2 aliphatic heterocycles. The molecule has 0 fully saturated rings. The van der Waals surface area contributed by atoms with E-state index in [0.717, 1.165) is 11.1 Å². The maximum Gasteiger partial charge on any atom is 0.338 e. The molecule has 2 aromatic carbocycles. The number of fused-ring (bicyclic) bond motifs is 1. The summed E-state index contributed by atoms with van der Waals surface area (Å²) in [4.78, 5) is 37.7. The molecule has 0 radical (unpaired) electrons. The van der Waals surface area contributed by atoms with Crippen molar-refractivity contribution in [3.05, 3.63) is 106 Å². The highest BCUT2D eigenvalue weighted by Gasteiger charge is 2.43. The van der Waals surface area contributed by atoms with Gasteiger partial charge in [0.1, 0.15) is 11.5 Å². The summed E-state index contributed by atoms with van der Waals surface area (Å²) >= 11 is 1.41. The monoisotopic (exact) mass is 570 g/mol. The molecule has 41 heavy (non-hydrogen) atoms. The van der Waals surface area contributed by atoms with Crippen molar-refractivity contribution in [2.45, 2.75) is 25.9 Å². The van der Waals surface area contributed by atoms with Crippen LogP contribution in [0.5, 0.6) is 11.5 Å². The van der Waals surface area contributed by atoms with E-state index in [2.05, 4.69) is 10.3 Å². The number of amides is 1. The highest BCUT2D eigenvalue weighted by molar-refractivity contribution is 8.16. The Morgan fingerprint density at radius 3 is 2.51 bits per heavy atom. The van der Waals surface area contributed by atoms with Crippen molar-refractivity contribution < 1.29 is 23.8 Å². The van der Waals surface area contributed by atoms with Gasteiger partial charge in [0.05, 0.1) is 44.6 Å². The van der Waals surface area contributed by atoms with E-state index in [-0.39, 0.29) is 18.9 Å². The van der Waals surface area contributed by atoms with Gasteiger partial charge in [-0.1, -0.05) is 42.1 Å². The molecule has 0 saturated heterocycles. The zero-order valence-corrected chi connectivity index (χ0v) is 23.8. The molecule has 10 heteroatoms. The summed E-state index contributed by atoms with van der Waals surface area (Å²) in [5.41, 5.74) is 4.02. The Balaban J connectivity index is 1.58. The van der Waals surface area contributed by atoms with E-state index in [1.54, 1.807) is 39.6 Å². The van der Waals surface area contributed by atoms with E-state index in [1.165, 1.54) is 11.8 Å². The molecule has 1 atom stereocenters. The molecule has 0 saturated carbocycles. The third kappa shape index (κ3) is 5.97. The van der Waals surface area contributed by atoms with Crippen LogP contribution in [-0.4, -0.2) is 47.8 Å². The second-order valence-corrected chi connectivity index (χ2v) is 10.00. The average Bonchev–Trinajstić information content (AvgIpc) is 3.41. The first kappa shape index (κ1) is 28.0. The van der Waals surface area contributed by atoms with Crippen molar-refractivity contribution in [2.75, 3.05) is 20.8 Å². The molecular weight excluding hydrogens is 540 g/mol. The highest BCUT2D eigenvalue weighted by atomic mass is 32.2. The molecule has 5 rings (SSSR count). The summed E-state index contributed by atoms with van der Waals surface area (Å²) in [5.74, 6) is 0.492. The quantitative estimate of drug-likeness (QED) is 0.337. The molecule has 1 N–H and O–H groups in total. The van der Waals surface area contributed by atoms with E-state index in [0.29, 0.717) is 45.7 Å². The standard InChI is InChI=1S/C31H30N4O5S/c1-4-40-30(37)27-28(21-8-6-5-7-9-21)34-31-35(29(27)24-11-10-23(38-2)17-25(24)39-3)22(19-41-31)16-26(36)33-18-20-12-14-32-15-13-20/h5-15,17,19,29H,4,16,18H2,1-3H3,(H,33,36)/t29-/m1/s1. The summed E-state index contributed by atoms with van der Waals surface area (Å²) in [6.07, 6.45) is 3.46. The lowest BCUT2D eigenvalue weighted by molar-refractivity contribution is -0.139. The summed E-state index contributed by atoms with van der Waals surface area (Å²) in [7, 11) is 3.16. The molecule has 1 amide bonds. The number of thioether (sulfide) groups is 1. The second-order valence-electron chi connectivity index (χ2n) is 9.16. The van der Waals surface area contributed by atoms with Gasteiger partial charge in [-0.05, 0) is 42.2 Å². The molecule has 0 aliphatic carbocycles. The fraction of sp³-hybridized carbons (Fsp3) is 0.226. The molecule has 3 aromatic rings. The molecule has 0 unspecified atom stereocenters. The minimum absolute atomic E-state index is 0.0862. The Hall–Kier alpha value is -4.57. The number of aliphatic imine (C=N–C) groups is 1. The van der Waals surface area contributed by atoms with Crippen molar-refractivity contribution >= 4 is 34.5 Å². The van der Waals surface area contributed by atoms with E-state index in [4.69, 9.17) is 19.2 Å². The van der Waals surface area contributed by atoms with Crippen LogP contribution in [0.4, 0.5) is 0 Å². The average molecular weight is 571 g/mol. The number of carbonyl (C=O) groups is 2. The lowest BCUT2D eigenvalue weighted by atomic mass is 9.90. The Labute approximate surface area is 242 Å². The number of aromatic nitrogens is 1. The van der Waals surface area contributed by atoms with Gasteiger partial charge in [-0.15, -0.1) is 0 Å². The van der Waals surface area contributed by atoms with Gasteiger partial charge in [-0.2, -0.15) is 0 Å². The Morgan fingerprint density at radius 2 is 1.80 bits per heavy atom. The molecule has 0 spiro atoms. The minimum Gasteiger partial charge on any atom is -0.497 e. The van der Waals surface area contributed by atoms with Gasteiger partial charge < -0.3 is 24.4 Å². The Morgan fingerprint density at radius 1 is 1.02 bits per heavy atom. The zero-order chi connectivity index (χ0) is 28.8. The van der Waals surface area contributed by atoms with Gasteiger partial charge in [0, 0.05) is 41.8 Å². The zero-order valence-electron chi connectivity index (χ0n) is 23.0. The normalized spacial score (nSPS) is 16.0. The highest BCUT2D eigenvalue weighted by Crippen LogP contribution is 2.49. The van der Waals surface area contributed by atoms with Crippen LogP contribution in [-0.2, 0) is 20.9 Å². The van der Waals surface area contributed by atoms with E-state index >= 15 is 0 Å². The molecular formula is C31H30N4O5S. The fourth-order valence-corrected chi connectivity index (χ4v) is 5.67. The maximum atomic E-state index is 13.7.